The van der Waals surface area contributed by atoms with E-state index in [4.69, 9.17) is 4.74 Å². The third kappa shape index (κ3) is 2.80. The zero-order valence-corrected chi connectivity index (χ0v) is 10.4. The van der Waals surface area contributed by atoms with Gasteiger partial charge in [0.15, 0.2) is 0 Å². The molecule has 0 radical (unpaired) electrons. The van der Waals surface area contributed by atoms with Crippen LogP contribution in [0.1, 0.15) is 0 Å². The number of benzene rings is 2. The summed E-state index contributed by atoms with van der Waals surface area (Å²) in [5.41, 5.74) is 2.31. The number of nitrogens with zero attached hydrogens (tertiary/aromatic N) is 1. The zero-order chi connectivity index (χ0) is 12.9. The minimum absolute atomic E-state index is 0.837. The van der Waals surface area contributed by atoms with Gasteiger partial charge in [0.2, 0.25) is 0 Å². The van der Waals surface area contributed by atoms with E-state index in [-0.39, 0.29) is 0 Å². The molecule has 19 heavy (non-hydrogen) atoms. The van der Waals surface area contributed by atoms with Crippen molar-refractivity contribution < 1.29 is 4.74 Å². The normalized spacial score (nSPS) is 10.1. The topological polar surface area (TPSA) is 22.1 Å². The second-order valence-electron chi connectivity index (χ2n) is 4.18. The van der Waals surface area contributed by atoms with Crippen molar-refractivity contribution in [2.45, 2.75) is 0 Å². The number of hydrogen-bond donors (Lipinski definition) is 0. The molecule has 0 amide bonds. The summed E-state index contributed by atoms with van der Waals surface area (Å²) in [6.07, 6.45) is 3.59. The van der Waals surface area contributed by atoms with Crippen molar-refractivity contribution in [1.29, 1.82) is 0 Å². The molecule has 0 unspecified atom stereocenters. The second kappa shape index (κ2) is 5.36. The maximum Gasteiger partial charge on any atom is 0.127 e. The van der Waals surface area contributed by atoms with Gasteiger partial charge in [-0.25, -0.2) is 0 Å². The first-order chi connectivity index (χ1) is 9.42. The van der Waals surface area contributed by atoms with Gasteiger partial charge in [0.25, 0.3) is 0 Å². The van der Waals surface area contributed by atoms with E-state index in [2.05, 4.69) is 4.98 Å². The monoisotopic (exact) mass is 247 g/mol. The summed E-state index contributed by atoms with van der Waals surface area (Å²) in [7, 11) is 0. The van der Waals surface area contributed by atoms with E-state index >= 15 is 0 Å². The maximum atomic E-state index is 5.76. The van der Waals surface area contributed by atoms with E-state index in [9.17, 15) is 0 Å². The van der Waals surface area contributed by atoms with Crippen LogP contribution in [0.3, 0.4) is 0 Å². The number of pyridine rings is 1. The van der Waals surface area contributed by atoms with Crippen LogP contribution in [0, 0.1) is 0 Å². The maximum absolute atomic E-state index is 5.76. The van der Waals surface area contributed by atoms with Crippen LogP contribution in [0.25, 0.3) is 11.1 Å². The minimum Gasteiger partial charge on any atom is -0.457 e. The summed E-state index contributed by atoms with van der Waals surface area (Å²) in [4.78, 5) is 4.02. The van der Waals surface area contributed by atoms with Gasteiger partial charge in [0, 0.05) is 12.4 Å². The van der Waals surface area contributed by atoms with Crippen LogP contribution >= 0.6 is 0 Å². The molecule has 2 heteroatoms. The molecule has 0 aliphatic carbocycles. The van der Waals surface area contributed by atoms with Gasteiger partial charge in [-0.1, -0.05) is 30.3 Å². The number of hydrogen-bond acceptors (Lipinski definition) is 2. The fraction of sp³-hybridized carbons (Fsp3) is 0. The number of ether oxygens (including phenoxy) is 1. The summed E-state index contributed by atoms with van der Waals surface area (Å²) in [6.45, 7) is 0. The summed E-state index contributed by atoms with van der Waals surface area (Å²) in [5.74, 6) is 1.68. The van der Waals surface area contributed by atoms with Crippen LogP contribution in [0.5, 0.6) is 11.5 Å². The van der Waals surface area contributed by atoms with Gasteiger partial charge in [-0.3, -0.25) is 4.98 Å². The van der Waals surface area contributed by atoms with E-state index < -0.39 is 0 Å². The van der Waals surface area contributed by atoms with Crippen LogP contribution in [0.15, 0.2) is 79.1 Å². The fourth-order valence-electron chi connectivity index (χ4n) is 1.88. The molecule has 0 aliphatic heterocycles. The average Bonchev–Trinajstić information content (AvgIpc) is 2.50. The van der Waals surface area contributed by atoms with Crippen molar-refractivity contribution in [2.24, 2.45) is 0 Å². The van der Waals surface area contributed by atoms with Crippen molar-refractivity contribution in [1.82, 2.24) is 4.98 Å². The summed E-state index contributed by atoms with van der Waals surface area (Å²) >= 11 is 0. The lowest BCUT2D eigenvalue weighted by molar-refractivity contribution is 0.483. The van der Waals surface area contributed by atoms with Crippen molar-refractivity contribution >= 4 is 0 Å². The Balaban J connectivity index is 1.80. The first-order valence-electron chi connectivity index (χ1n) is 6.15. The molecule has 0 spiro atoms. The highest BCUT2D eigenvalue weighted by molar-refractivity contribution is 5.63. The fourth-order valence-corrected chi connectivity index (χ4v) is 1.88. The van der Waals surface area contributed by atoms with E-state index in [0.717, 1.165) is 22.6 Å². The molecule has 2 nitrogen and oxygen atoms in total. The molecule has 0 atom stereocenters. The first kappa shape index (κ1) is 11.5. The molecule has 0 fully saturated rings. The Hall–Kier alpha value is -2.61. The predicted octanol–water partition coefficient (Wildman–Crippen LogP) is 4.54. The van der Waals surface area contributed by atoms with Crippen molar-refractivity contribution in [3.63, 3.8) is 0 Å². The lowest BCUT2D eigenvalue weighted by Crippen LogP contribution is -1.84. The Morgan fingerprint density at radius 3 is 1.84 bits per heavy atom. The van der Waals surface area contributed by atoms with Crippen LogP contribution < -0.4 is 4.74 Å². The molecular formula is C17H13NO. The molecular weight excluding hydrogens is 234 g/mol. The first-order valence-corrected chi connectivity index (χ1v) is 6.15. The molecule has 0 bridgehead atoms. The Labute approximate surface area is 112 Å². The highest BCUT2D eigenvalue weighted by Gasteiger charge is 1.99. The number of para-hydroxylation sites is 1. The van der Waals surface area contributed by atoms with Gasteiger partial charge in [-0.05, 0) is 47.5 Å². The lowest BCUT2D eigenvalue weighted by atomic mass is 10.1. The van der Waals surface area contributed by atoms with Crippen molar-refractivity contribution in [3.8, 4) is 22.6 Å². The van der Waals surface area contributed by atoms with Crippen LogP contribution in [-0.2, 0) is 0 Å². The quantitative estimate of drug-likeness (QED) is 0.677. The highest BCUT2D eigenvalue weighted by Crippen LogP contribution is 2.25. The van der Waals surface area contributed by atoms with Crippen LogP contribution in [0.4, 0.5) is 0 Å². The molecule has 2 aromatic carbocycles. The Kier molecular flexibility index (Phi) is 3.24. The third-order valence-electron chi connectivity index (χ3n) is 2.85. The lowest BCUT2D eigenvalue weighted by Gasteiger charge is -2.06. The molecule has 0 N–H and O–H groups in total. The van der Waals surface area contributed by atoms with E-state index in [1.54, 1.807) is 12.4 Å². The molecule has 1 heterocycles. The van der Waals surface area contributed by atoms with E-state index in [0.29, 0.717) is 0 Å². The average molecular weight is 247 g/mol. The summed E-state index contributed by atoms with van der Waals surface area (Å²) in [5, 5.41) is 0. The molecule has 0 saturated carbocycles. The summed E-state index contributed by atoms with van der Waals surface area (Å²) in [6, 6.07) is 21.8. The SMILES string of the molecule is c1ccc(Oc2ccc(-c3ccncc3)cc2)cc1. The minimum atomic E-state index is 0.837. The number of rotatable bonds is 3. The molecule has 3 rings (SSSR count). The third-order valence-corrected chi connectivity index (χ3v) is 2.85. The van der Waals surface area contributed by atoms with Gasteiger partial charge in [-0.15, -0.1) is 0 Å². The smallest absolute Gasteiger partial charge is 0.127 e. The van der Waals surface area contributed by atoms with Gasteiger partial charge in [0.05, 0.1) is 0 Å². The van der Waals surface area contributed by atoms with Crippen LogP contribution in [-0.4, -0.2) is 4.98 Å². The largest absolute Gasteiger partial charge is 0.457 e. The Bertz CT molecular complexity index is 633. The Morgan fingerprint density at radius 1 is 0.579 bits per heavy atom. The Morgan fingerprint density at radius 2 is 1.16 bits per heavy atom. The van der Waals surface area contributed by atoms with E-state index in [1.165, 1.54) is 0 Å². The number of aromatic nitrogens is 1. The highest BCUT2D eigenvalue weighted by atomic mass is 16.5. The van der Waals surface area contributed by atoms with Gasteiger partial charge >= 0.3 is 0 Å². The van der Waals surface area contributed by atoms with Gasteiger partial charge < -0.3 is 4.74 Å². The summed E-state index contributed by atoms with van der Waals surface area (Å²) < 4.78 is 5.76. The molecule has 3 aromatic rings. The van der Waals surface area contributed by atoms with Gasteiger partial charge in [-0.2, -0.15) is 0 Å². The molecule has 92 valence electrons. The zero-order valence-electron chi connectivity index (χ0n) is 10.4. The predicted molar refractivity (Wildman–Crippen MR) is 76.2 cm³/mol. The second-order valence-corrected chi connectivity index (χ2v) is 4.18. The van der Waals surface area contributed by atoms with Crippen molar-refractivity contribution in [2.75, 3.05) is 0 Å². The van der Waals surface area contributed by atoms with Gasteiger partial charge in [0.1, 0.15) is 11.5 Å². The molecule has 1 aromatic heterocycles. The van der Waals surface area contributed by atoms with E-state index in [1.807, 2.05) is 66.7 Å². The standard InChI is InChI=1S/C17H13NO/c1-2-4-16(5-3-1)19-17-8-6-14(7-9-17)15-10-12-18-13-11-15/h1-13H. The van der Waals surface area contributed by atoms with Crippen LogP contribution in [0.2, 0.25) is 0 Å². The molecule has 0 saturated heterocycles. The van der Waals surface area contributed by atoms with Crippen molar-refractivity contribution in [3.05, 3.63) is 79.1 Å². The molecule has 0 aliphatic rings.